The van der Waals surface area contributed by atoms with E-state index in [1.165, 1.54) is 31.2 Å². The SMILES string of the molecule is BrCc1cc(Br)ccc1OCC1CC2CCC1C2. The molecule has 18 heavy (non-hydrogen) atoms. The van der Waals surface area contributed by atoms with E-state index < -0.39 is 0 Å². The van der Waals surface area contributed by atoms with Crippen LogP contribution in [0.2, 0.25) is 0 Å². The van der Waals surface area contributed by atoms with E-state index in [1.807, 2.05) is 0 Å². The van der Waals surface area contributed by atoms with Gasteiger partial charge in [0.2, 0.25) is 0 Å². The van der Waals surface area contributed by atoms with Gasteiger partial charge in [-0.15, -0.1) is 0 Å². The van der Waals surface area contributed by atoms with Crippen LogP contribution in [-0.4, -0.2) is 6.61 Å². The lowest BCUT2D eigenvalue weighted by atomic mass is 9.89. The Kier molecular flexibility index (Phi) is 4.00. The van der Waals surface area contributed by atoms with Gasteiger partial charge in [-0.05, 0) is 55.2 Å². The average Bonchev–Trinajstić information content (AvgIpc) is 2.99. The molecule has 3 unspecified atom stereocenters. The topological polar surface area (TPSA) is 9.23 Å². The molecule has 0 N–H and O–H groups in total. The molecule has 3 atom stereocenters. The second kappa shape index (κ2) is 5.54. The number of alkyl halides is 1. The van der Waals surface area contributed by atoms with Crippen LogP contribution in [0.15, 0.2) is 22.7 Å². The molecule has 2 aliphatic carbocycles. The Bertz CT molecular complexity index is 433. The minimum atomic E-state index is 0.801. The maximum atomic E-state index is 6.07. The molecular formula is C15H18Br2O. The predicted octanol–water partition coefficient (Wildman–Crippen LogP) is 5.16. The third-order valence-corrected chi connectivity index (χ3v) is 5.60. The Morgan fingerprint density at radius 1 is 1.22 bits per heavy atom. The van der Waals surface area contributed by atoms with Crippen LogP contribution >= 0.6 is 31.9 Å². The van der Waals surface area contributed by atoms with Crippen LogP contribution in [0.5, 0.6) is 5.75 Å². The smallest absolute Gasteiger partial charge is 0.123 e. The highest BCUT2D eigenvalue weighted by molar-refractivity contribution is 9.10. The zero-order valence-corrected chi connectivity index (χ0v) is 13.5. The molecule has 0 saturated heterocycles. The number of fused-ring (bicyclic) bond motifs is 2. The van der Waals surface area contributed by atoms with E-state index in [0.29, 0.717) is 0 Å². The standard InChI is InChI=1S/C15H18Br2O/c16-8-12-7-14(17)3-4-15(12)18-9-13-6-10-1-2-11(13)5-10/h3-4,7,10-11,13H,1-2,5-6,8-9H2. The third-order valence-electron chi connectivity index (χ3n) is 4.50. The van der Waals surface area contributed by atoms with Gasteiger partial charge >= 0.3 is 0 Å². The zero-order chi connectivity index (χ0) is 12.5. The minimum Gasteiger partial charge on any atom is -0.493 e. The van der Waals surface area contributed by atoms with Crippen molar-refractivity contribution in [2.45, 2.75) is 31.0 Å². The lowest BCUT2D eigenvalue weighted by Gasteiger charge is -2.22. The summed E-state index contributed by atoms with van der Waals surface area (Å²) in [6, 6.07) is 6.26. The van der Waals surface area contributed by atoms with Gasteiger partial charge in [0.1, 0.15) is 5.75 Å². The van der Waals surface area contributed by atoms with Crippen molar-refractivity contribution in [1.82, 2.24) is 0 Å². The van der Waals surface area contributed by atoms with Crippen LogP contribution in [0.1, 0.15) is 31.2 Å². The molecule has 1 nitrogen and oxygen atoms in total. The molecule has 98 valence electrons. The summed E-state index contributed by atoms with van der Waals surface area (Å²) in [4.78, 5) is 0. The molecular weight excluding hydrogens is 356 g/mol. The van der Waals surface area contributed by atoms with Gasteiger partial charge in [-0.1, -0.05) is 38.3 Å². The first-order chi connectivity index (χ1) is 8.76. The van der Waals surface area contributed by atoms with Gasteiger partial charge in [0.25, 0.3) is 0 Å². The second-order valence-corrected chi connectivity index (χ2v) is 7.11. The van der Waals surface area contributed by atoms with Crippen molar-refractivity contribution in [3.8, 4) is 5.75 Å². The van der Waals surface area contributed by atoms with Gasteiger partial charge in [0.05, 0.1) is 6.61 Å². The van der Waals surface area contributed by atoms with Gasteiger partial charge < -0.3 is 4.74 Å². The maximum Gasteiger partial charge on any atom is 0.123 e. The van der Waals surface area contributed by atoms with Crippen molar-refractivity contribution in [3.05, 3.63) is 28.2 Å². The number of hydrogen-bond acceptors (Lipinski definition) is 1. The molecule has 1 aromatic carbocycles. The number of benzene rings is 1. The van der Waals surface area contributed by atoms with Crippen LogP contribution in [0.25, 0.3) is 0 Å². The van der Waals surface area contributed by atoms with E-state index in [1.54, 1.807) is 0 Å². The van der Waals surface area contributed by atoms with Crippen molar-refractivity contribution < 1.29 is 4.74 Å². The molecule has 0 spiro atoms. The first-order valence-electron chi connectivity index (χ1n) is 6.73. The molecule has 0 aliphatic heterocycles. The van der Waals surface area contributed by atoms with Crippen LogP contribution in [-0.2, 0) is 5.33 Å². The minimum absolute atomic E-state index is 0.801. The highest BCUT2D eigenvalue weighted by atomic mass is 79.9. The van der Waals surface area contributed by atoms with Crippen LogP contribution in [0.4, 0.5) is 0 Å². The molecule has 3 heteroatoms. The maximum absolute atomic E-state index is 6.07. The number of ether oxygens (including phenoxy) is 1. The van der Waals surface area contributed by atoms with Crippen molar-refractivity contribution in [2.75, 3.05) is 6.61 Å². The summed E-state index contributed by atoms with van der Waals surface area (Å²) in [5.41, 5.74) is 1.23. The summed E-state index contributed by atoms with van der Waals surface area (Å²) in [7, 11) is 0. The molecule has 0 amide bonds. The fraction of sp³-hybridized carbons (Fsp3) is 0.600. The molecule has 3 rings (SSSR count). The van der Waals surface area contributed by atoms with Gasteiger partial charge in [0.15, 0.2) is 0 Å². The third kappa shape index (κ3) is 2.62. The average molecular weight is 374 g/mol. The summed E-state index contributed by atoms with van der Waals surface area (Å²) < 4.78 is 7.18. The first kappa shape index (κ1) is 13.0. The van der Waals surface area contributed by atoms with Crippen molar-refractivity contribution in [2.24, 2.45) is 17.8 Å². The normalized spacial score (nSPS) is 29.8. The highest BCUT2D eigenvalue weighted by Gasteiger charge is 2.39. The largest absolute Gasteiger partial charge is 0.493 e. The summed E-state index contributed by atoms with van der Waals surface area (Å²) in [5, 5.41) is 0.846. The molecule has 2 aliphatic rings. The highest BCUT2D eigenvalue weighted by Crippen LogP contribution is 2.48. The summed E-state index contributed by atoms with van der Waals surface area (Å²) in [6.07, 6.45) is 5.75. The Morgan fingerprint density at radius 3 is 2.78 bits per heavy atom. The van der Waals surface area contributed by atoms with Crippen molar-refractivity contribution in [3.63, 3.8) is 0 Å². The van der Waals surface area contributed by atoms with Crippen LogP contribution in [0.3, 0.4) is 0 Å². The molecule has 0 radical (unpaired) electrons. The van der Waals surface area contributed by atoms with Gasteiger partial charge in [-0.2, -0.15) is 0 Å². The van der Waals surface area contributed by atoms with Gasteiger partial charge in [-0.3, -0.25) is 0 Å². The first-order valence-corrected chi connectivity index (χ1v) is 8.65. The predicted molar refractivity (Wildman–Crippen MR) is 81.2 cm³/mol. The van der Waals surface area contributed by atoms with E-state index in [9.17, 15) is 0 Å². The monoisotopic (exact) mass is 372 g/mol. The number of rotatable bonds is 4. The fourth-order valence-electron chi connectivity index (χ4n) is 3.57. The van der Waals surface area contributed by atoms with E-state index in [0.717, 1.165) is 39.9 Å². The van der Waals surface area contributed by atoms with Gasteiger partial charge in [-0.25, -0.2) is 0 Å². The molecule has 1 aromatic rings. The lowest BCUT2D eigenvalue weighted by molar-refractivity contribution is 0.194. The van der Waals surface area contributed by atoms with E-state index in [4.69, 9.17) is 4.74 Å². The molecule has 0 heterocycles. The van der Waals surface area contributed by atoms with Crippen molar-refractivity contribution in [1.29, 1.82) is 0 Å². The van der Waals surface area contributed by atoms with Gasteiger partial charge in [0, 0.05) is 15.4 Å². The van der Waals surface area contributed by atoms with Crippen LogP contribution in [0, 0.1) is 17.8 Å². The molecule has 2 saturated carbocycles. The summed E-state index contributed by atoms with van der Waals surface area (Å²) in [5.74, 6) is 3.79. The van der Waals surface area contributed by atoms with Crippen LogP contribution < -0.4 is 4.74 Å². The Morgan fingerprint density at radius 2 is 2.11 bits per heavy atom. The number of hydrogen-bond donors (Lipinski definition) is 0. The molecule has 2 fully saturated rings. The summed E-state index contributed by atoms with van der Waals surface area (Å²) >= 11 is 7.03. The Labute approximate surface area is 126 Å². The lowest BCUT2D eigenvalue weighted by Crippen LogP contribution is -2.18. The number of halogens is 2. The quantitative estimate of drug-likeness (QED) is 0.662. The van der Waals surface area contributed by atoms with E-state index in [2.05, 4.69) is 50.1 Å². The second-order valence-electron chi connectivity index (χ2n) is 5.63. The zero-order valence-electron chi connectivity index (χ0n) is 10.4. The van der Waals surface area contributed by atoms with Crippen molar-refractivity contribution >= 4 is 31.9 Å². The Hall–Kier alpha value is -0.0200. The Balaban J connectivity index is 1.63. The molecule has 0 aromatic heterocycles. The van der Waals surface area contributed by atoms with E-state index in [-0.39, 0.29) is 0 Å². The molecule has 2 bridgehead atoms. The fourth-order valence-corrected chi connectivity index (χ4v) is 4.42. The van der Waals surface area contributed by atoms with E-state index >= 15 is 0 Å². The summed E-state index contributed by atoms with van der Waals surface area (Å²) in [6.45, 7) is 0.906.